The third-order valence-corrected chi connectivity index (χ3v) is 1.01. The van der Waals surface area contributed by atoms with Crippen LogP contribution in [0.25, 0.3) is 0 Å². The Kier molecular flexibility index (Phi) is 1.89. The van der Waals surface area contributed by atoms with Gasteiger partial charge in [-0.05, 0) is 0 Å². The number of alkyl halides is 1. The maximum Gasteiger partial charge on any atom is 0.292 e. The van der Waals surface area contributed by atoms with Crippen molar-refractivity contribution >= 4 is 24.0 Å². The van der Waals surface area contributed by atoms with E-state index in [-0.39, 0.29) is 0 Å². The first-order valence-corrected chi connectivity index (χ1v) is 2.80. The second kappa shape index (κ2) is 2.68. The summed E-state index contributed by atoms with van der Waals surface area (Å²) in [4.78, 5) is 7.44. The third kappa shape index (κ3) is 1.57. The molecule has 9 heavy (non-hydrogen) atoms. The van der Waals surface area contributed by atoms with E-state index in [4.69, 9.17) is 16.3 Å². The first-order valence-electron chi connectivity index (χ1n) is 2.37. The zero-order valence-corrected chi connectivity index (χ0v) is 5.59. The van der Waals surface area contributed by atoms with E-state index in [1.54, 1.807) is 0 Å². The first kappa shape index (κ1) is 6.35. The van der Waals surface area contributed by atoms with Crippen molar-refractivity contribution in [3.63, 3.8) is 0 Å². The molecule has 0 amide bonds. The van der Waals surface area contributed by atoms with Gasteiger partial charge in [-0.25, -0.2) is 4.99 Å². The summed E-state index contributed by atoms with van der Waals surface area (Å²) in [5.74, 6) is 0. The molecule has 0 spiro atoms. The topological polar surface area (TPSA) is 46.0 Å². The van der Waals surface area contributed by atoms with Gasteiger partial charge in [0.2, 0.25) is 5.62 Å². The van der Waals surface area contributed by atoms with Gasteiger partial charge in [-0.1, -0.05) is 11.6 Å². The minimum atomic E-state index is -0.541. The molecule has 0 bridgehead atoms. The van der Waals surface area contributed by atoms with E-state index in [1.807, 2.05) is 0 Å². The van der Waals surface area contributed by atoms with Crippen molar-refractivity contribution in [2.75, 3.05) is 7.11 Å². The fourth-order valence-corrected chi connectivity index (χ4v) is 0.578. The van der Waals surface area contributed by atoms with Crippen LogP contribution in [0.4, 0.5) is 0 Å². The van der Waals surface area contributed by atoms with E-state index in [1.165, 1.54) is 13.4 Å². The van der Waals surface area contributed by atoms with Crippen LogP contribution in [0.5, 0.6) is 0 Å². The van der Waals surface area contributed by atoms with Crippen LogP contribution >= 0.6 is 11.6 Å². The molecule has 1 heterocycles. The Balaban J connectivity index is 2.55. The van der Waals surface area contributed by atoms with E-state index < -0.39 is 5.62 Å². The van der Waals surface area contributed by atoms with Crippen LogP contribution in [-0.2, 0) is 4.74 Å². The average Bonchev–Trinajstić information content (AvgIpc) is 1.88. The highest BCUT2D eigenvalue weighted by Gasteiger charge is 2.05. The molecule has 1 unspecified atom stereocenters. The van der Waals surface area contributed by atoms with Crippen molar-refractivity contribution in [3.05, 3.63) is 0 Å². The zero-order chi connectivity index (χ0) is 6.69. The summed E-state index contributed by atoms with van der Waals surface area (Å²) in [6.45, 7) is 0. The number of nitrogens with zero attached hydrogens (tertiary/aromatic N) is 2. The van der Waals surface area contributed by atoms with Gasteiger partial charge >= 0.3 is 0 Å². The summed E-state index contributed by atoms with van der Waals surface area (Å²) in [5, 5.41) is 2.65. The monoisotopic (exact) mass is 147 g/mol. The van der Waals surface area contributed by atoms with E-state index >= 15 is 0 Å². The van der Waals surface area contributed by atoms with Gasteiger partial charge in [0.05, 0.1) is 13.4 Å². The highest BCUT2D eigenvalue weighted by Crippen LogP contribution is 2.00. The van der Waals surface area contributed by atoms with Gasteiger partial charge in [0.1, 0.15) is 0 Å². The van der Waals surface area contributed by atoms with E-state index in [2.05, 4.69) is 15.3 Å². The van der Waals surface area contributed by atoms with Gasteiger partial charge in [-0.2, -0.15) is 4.99 Å². The number of nitrogens with one attached hydrogen (secondary N) is 1. The highest BCUT2D eigenvalue weighted by molar-refractivity contribution is 6.21. The minimum Gasteiger partial charge on any atom is -0.468 e. The second-order valence-corrected chi connectivity index (χ2v) is 1.76. The van der Waals surface area contributed by atoms with Crippen molar-refractivity contribution in [2.45, 2.75) is 5.62 Å². The van der Waals surface area contributed by atoms with Crippen molar-refractivity contribution in [3.8, 4) is 0 Å². The number of rotatable bonds is 0. The molecule has 0 aromatic rings. The molecule has 0 radical (unpaired) electrons. The summed E-state index contributed by atoms with van der Waals surface area (Å²) in [6, 6.07) is 0.394. The Hall–Kier alpha value is -0.770. The van der Waals surface area contributed by atoms with Crippen molar-refractivity contribution in [2.24, 2.45) is 9.98 Å². The van der Waals surface area contributed by atoms with E-state index in [9.17, 15) is 0 Å². The Morgan fingerprint density at radius 3 is 3.11 bits per heavy atom. The molecule has 1 aliphatic rings. The van der Waals surface area contributed by atoms with Gasteiger partial charge in [0.25, 0.3) is 6.02 Å². The van der Waals surface area contributed by atoms with Gasteiger partial charge < -0.3 is 10.1 Å². The molecule has 1 aliphatic heterocycles. The van der Waals surface area contributed by atoms with Gasteiger partial charge in [0, 0.05) is 0 Å². The van der Waals surface area contributed by atoms with Gasteiger partial charge in [-0.15, -0.1) is 0 Å². The SMILES string of the molecule is COC1=NC(Cl)N=CN1. The van der Waals surface area contributed by atoms with E-state index in [0.717, 1.165) is 0 Å². The highest BCUT2D eigenvalue weighted by atomic mass is 35.5. The quantitative estimate of drug-likeness (QED) is 0.392. The molecule has 1 atom stereocenters. The molecular weight excluding hydrogens is 142 g/mol. The van der Waals surface area contributed by atoms with Crippen LogP contribution in [0.1, 0.15) is 0 Å². The minimum absolute atomic E-state index is 0.394. The lowest BCUT2D eigenvalue weighted by Gasteiger charge is -2.08. The smallest absolute Gasteiger partial charge is 0.292 e. The Morgan fingerprint density at radius 2 is 2.67 bits per heavy atom. The molecule has 1 rings (SSSR count). The second-order valence-electron chi connectivity index (χ2n) is 1.37. The largest absolute Gasteiger partial charge is 0.468 e. The maximum atomic E-state index is 5.48. The summed E-state index contributed by atoms with van der Waals surface area (Å²) in [6.07, 6.45) is 1.45. The third-order valence-electron chi connectivity index (χ3n) is 0.803. The molecule has 0 aromatic carbocycles. The normalized spacial score (nSPS) is 24.7. The summed E-state index contributed by atoms with van der Waals surface area (Å²) in [7, 11) is 1.51. The maximum absolute atomic E-state index is 5.48. The molecule has 4 nitrogen and oxygen atoms in total. The summed E-state index contributed by atoms with van der Waals surface area (Å²) < 4.78 is 4.72. The van der Waals surface area contributed by atoms with Crippen molar-refractivity contribution < 1.29 is 4.74 Å². The fraction of sp³-hybridized carbons (Fsp3) is 0.500. The number of aliphatic imine (C=N–C) groups is 2. The number of ether oxygens (including phenoxy) is 1. The number of hydrogen-bond acceptors (Lipinski definition) is 4. The Bertz CT molecular complexity index is 156. The Labute approximate surface area is 57.6 Å². The lowest BCUT2D eigenvalue weighted by molar-refractivity contribution is 0.385. The fourth-order valence-electron chi connectivity index (χ4n) is 0.433. The predicted octanol–water partition coefficient (Wildman–Crippen LogP) is 0.143. The van der Waals surface area contributed by atoms with Crippen molar-refractivity contribution in [1.82, 2.24) is 5.32 Å². The van der Waals surface area contributed by atoms with Gasteiger partial charge in [-0.3, -0.25) is 0 Å². The molecule has 50 valence electrons. The molecule has 0 aromatic heterocycles. The lowest BCUT2D eigenvalue weighted by atomic mass is 10.9. The lowest BCUT2D eigenvalue weighted by Crippen LogP contribution is -2.28. The molecule has 0 aliphatic carbocycles. The van der Waals surface area contributed by atoms with Crippen LogP contribution in [-0.4, -0.2) is 25.1 Å². The number of methoxy groups -OCH3 is 1. The van der Waals surface area contributed by atoms with Crippen LogP contribution in [0.3, 0.4) is 0 Å². The van der Waals surface area contributed by atoms with Gasteiger partial charge in [0.15, 0.2) is 0 Å². The van der Waals surface area contributed by atoms with Crippen LogP contribution in [0, 0.1) is 0 Å². The summed E-state index contributed by atoms with van der Waals surface area (Å²) >= 11 is 5.48. The number of halogens is 1. The average molecular weight is 148 g/mol. The molecule has 1 N–H and O–H groups in total. The Morgan fingerprint density at radius 1 is 1.89 bits per heavy atom. The summed E-state index contributed by atoms with van der Waals surface area (Å²) in [5.41, 5.74) is -0.541. The number of hydrogen-bond donors (Lipinski definition) is 1. The van der Waals surface area contributed by atoms with E-state index in [0.29, 0.717) is 6.02 Å². The number of amidine groups is 1. The molecule has 0 saturated heterocycles. The molecule has 0 fully saturated rings. The van der Waals surface area contributed by atoms with Crippen molar-refractivity contribution in [1.29, 1.82) is 0 Å². The molecule has 5 heteroatoms. The van der Waals surface area contributed by atoms with Crippen LogP contribution in [0.2, 0.25) is 0 Å². The first-order chi connectivity index (χ1) is 4.33. The standard InChI is InChI=1S/C4H6ClN3O/c1-9-4-7-2-6-3(5)8-4/h2-3H,1H3,(H,6,7,8). The van der Waals surface area contributed by atoms with Crippen LogP contribution in [0.15, 0.2) is 9.98 Å². The van der Waals surface area contributed by atoms with Crippen LogP contribution < -0.4 is 5.32 Å². The molecule has 0 saturated carbocycles. The molecular formula is C4H6ClN3O. The predicted molar refractivity (Wildman–Crippen MR) is 35.7 cm³/mol. The zero-order valence-electron chi connectivity index (χ0n) is 4.84.